The van der Waals surface area contributed by atoms with Crippen LogP contribution in [0.15, 0.2) is 29.4 Å². The smallest absolute Gasteiger partial charge is 0.355 e. The van der Waals surface area contributed by atoms with Crippen molar-refractivity contribution in [3.05, 3.63) is 24.3 Å². The molecule has 0 aromatic heterocycles. The predicted octanol–water partition coefficient (Wildman–Crippen LogP) is 0.393. The Morgan fingerprint density at radius 3 is 2.29 bits per heavy atom. The first kappa shape index (κ1) is 17.1. The highest BCUT2D eigenvalue weighted by Gasteiger charge is 2.20. The molecule has 9 nitrogen and oxygen atoms in total. The second kappa shape index (κ2) is 7.86. The van der Waals surface area contributed by atoms with E-state index in [0.29, 0.717) is 11.4 Å². The van der Waals surface area contributed by atoms with Crippen LogP contribution in [-0.4, -0.2) is 36.0 Å². The summed E-state index contributed by atoms with van der Waals surface area (Å²) in [4.78, 5) is 45.3. The Kier molecular flexibility index (Phi) is 5.61. The van der Waals surface area contributed by atoms with E-state index in [1.807, 2.05) is 0 Å². The summed E-state index contributed by atoms with van der Waals surface area (Å²) in [6, 6.07) is 6.46. The fourth-order valence-corrected chi connectivity index (χ4v) is 1.87. The van der Waals surface area contributed by atoms with E-state index >= 15 is 0 Å². The first-order valence-electron chi connectivity index (χ1n) is 7.14. The minimum absolute atomic E-state index is 0.0714. The molecule has 3 N–H and O–H groups in total. The number of ether oxygens (including phenoxy) is 1. The van der Waals surface area contributed by atoms with Crippen molar-refractivity contribution in [1.29, 1.82) is 0 Å². The van der Waals surface area contributed by atoms with Crippen LogP contribution in [0.25, 0.3) is 0 Å². The summed E-state index contributed by atoms with van der Waals surface area (Å²) in [5, 5.41) is 8.73. The van der Waals surface area contributed by atoms with Gasteiger partial charge in [-0.15, -0.1) is 0 Å². The number of benzene rings is 1. The van der Waals surface area contributed by atoms with Gasteiger partial charge in [0.25, 0.3) is 5.91 Å². The molecule has 24 heavy (non-hydrogen) atoms. The lowest BCUT2D eigenvalue weighted by atomic mass is 10.2. The topological polar surface area (TPSA) is 126 Å². The molecule has 0 saturated heterocycles. The van der Waals surface area contributed by atoms with Gasteiger partial charge in [0.2, 0.25) is 11.8 Å². The molecule has 1 aliphatic heterocycles. The molecule has 126 valence electrons. The maximum Gasteiger partial charge on any atom is 0.355 e. The lowest BCUT2D eigenvalue weighted by molar-refractivity contribution is -0.140. The Hall–Kier alpha value is -3.23. The van der Waals surface area contributed by atoms with E-state index in [-0.39, 0.29) is 30.4 Å². The highest BCUT2D eigenvalue weighted by molar-refractivity contribution is 6.37. The molecule has 1 aliphatic rings. The molecule has 1 aromatic rings. The van der Waals surface area contributed by atoms with Gasteiger partial charge >= 0.3 is 5.97 Å². The summed E-state index contributed by atoms with van der Waals surface area (Å²) in [5.74, 6) is -1.73. The molecule has 0 bridgehead atoms. The largest absolute Gasteiger partial charge is 0.451 e. The molecule has 0 atom stereocenters. The molecule has 0 saturated carbocycles. The van der Waals surface area contributed by atoms with Gasteiger partial charge in [-0.1, -0.05) is 0 Å². The highest BCUT2D eigenvalue weighted by Crippen LogP contribution is 2.13. The third-order valence-electron chi connectivity index (χ3n) is 2.96. The quantitative estimate of drug-likeness (QED) is 0.673. The molecular formula is C15H16N4O5. The average molecular weight is 332 g/mol. The monoisotopic (exact) mass is 332 g/mol. The summed E-state index contributed by atoms with van der Waals surface area (Å²) >= 11 is 0. The predicted molar refractivity (Wildman–Crippen MR) is 85.1 cm³/mol. The van der Waals surface area contributed by atoms with Crippen molar-refractivity contribution in [3.63, 3.8) is 0 Å². The van der Waals surface area contributed by atoms with E-state index in [9.17, 15) is 19.2 Å². The Labute approximate surface area is 137 Å². The van der Waals surface area contributed by atoms with Crippen LogP contribution in [0.1, 0.15) is 19.8 Å². The van der Waals surface area contributed by atoms with Crippen molar-refractivity contribution in [1.82, 2.24) is 5.43 Å². The number of anilines is 2. The Bertz CT molecular complexity index is 696. The number of nitrogens with zero attached hydrogens (tertiary/aromatic N) is 1. The summed E-state index contributed by atoms with van der Waals surface area (Å²) in [7, 11) is 0. The molecule has 1 heterocycles. The first-order valence-corrected chi connectivity index (χ1v) is 7.14. The van der Waals surface area contributed by atoms with E-state index in [1.165, 1.54) is 6.92 Å². The Morgan fingerprint density at radius 2 is 1.75 bits per heavy atom. The van der Waals surface area contributed by atoms with Crippen LogP contribution in [0.5, 0.6) is 0 Å². The summed E-state index contributed by atoms with van der Waals surface area (Å²) in [5.41, 5.74) is 3.34. The summed E-state index contributed by atoms with van der Waals surface area (Å²) < 4.78 is 4.84. The molecule has 0 unspecified atom stereocenters. The standard InChI is InChI=1S/C15H16N4O5/c1-9(20)16-10-2-4-11(5-3-10)17-14(22)8-24-15(23)12-6-7-13(21)19-18-12/h2-5H,6-8H2,1H3,(H,16,20)(H,17,22)(H,19,21). The molecule has 0 radical (unpaired) electrons. The zero-order valence-electron chi connectivity index (χ0n) is 12.9. The molecule has 2 rings (SSSR count). The van der Waals surface area contributed by atoms with Crippen LogP contribution in [0.3, 0.4) is 0 Å². The first-order chi connectivity index (χ1) is 11.4. The van der Waals surface area contributed by atoms with E-state index in [2.05, 4.69) is 21.2 Å². The van der Waals surface area contributed by atoms with Crippen molar-refractivity contribution < 1.29 is 23.9 Å². The number of amides is 3. The van der Waals surface area contributed by atoms with Crippen LogP contribution in [0.2, 0.25) is 0 Å². The van der Waals surface area contributed by atoms with Gasteiger partial charge < -0.3 is 15.4 Å². The number of esters is 1. The van der Waals surface area contributed by atoms with Crippen LogP contribution >= 0.6 is 0 Å². The molecule has 1 aromatic carbocycles. The van der Waals surface area contributed by atoms with Crippen LogP contribution in [0, 0.1) is 0 Å². The van der Waals surface area contributed by atoms with Crippen molar-refractivity contribution >= 4 is 40.8 Å². The summed E-state index contributed by atoms with van der Waals surface area (Å²) in [6.45, 7) is 0.922. The molecule has 0 spiro atoms. The second-order valence-corrected chi connectivity index (χ2v) is 4.98. The zero-order chi connectivity index (χ0) is 17.5. The third-order valence-corrected chi connectivity index (χ3v) is 2.96. The molecule has 3 amide bonds. The SMILES string of the molecule is CC(=O)Nc1ccc(NC(=O)COC(=O)C2=NNC(=O)CC2)cc1. The molecule has 9 heteroatoms. The van der Waals surface area contributed by atoms with E-state index in [1.54, 1.807) is 24.3 Å². The number of nitrogens with one attached hydrogen (secondary N) is 3. The van der Waals surface area contributed by atoms with Gasteiger partial charge in [-0.25, -0.2) is 10.2 Å². The van der Waals surface area contributed by atoms with Crippen LogP contribution in [0.4, 0.5) is 11.4 Å². The van der Waals surface area contributed by atoms with Gasteiger partial charge in [-0.2, -0.15) is 5.10 Å². The van der Waals surface area contributed by atoms with Gasteiger partial charge in [0, 0.05) is 31.1 Å². The minimum atomic E-state index is -0.744. The minimum Gasteiger partial charge on any atom is -0.451 e. The zero-order valence-corrected chi connectivity index (χ0v) is 12.9. The molecular weight excluding hydrogens is 316 g/mol. The fraction of sp³-hybridized carbons (Fsp3) is 0.267. The van der Waals surface area contributed by atoms with E-state index < -0.39 is 18.5 Å². The normalized spacial score (nSPS) is 13.4. The Balaban J connectivity index is 1.79. The number of hydrogen-bond donors (Lipinski definition) is 3. The van der Waals surface area contributed by atoms with Gasteiger partial charge in [0.1, 0.15) is 5.71 Å². The Morgan fingerprint density at radius 1 is 1.12 bits per heavy atom. The number of carbonyl (C=O) groups excluding carboxylic acids is 4. The van der Waals surface area contributed by atoms with Gasteiger partial charge in [-0.3, -0.25) is 14.4 Å². The number of hydrogen-bond acceptors (Lipinski definition) is 6. The lowest BCUT2D eigenvalue weighted by Crippen LogP contribution is -2.32. The number of rotatable bonds is 5. The van der Waals surface area contributed by atoms with Crippen LogP contribution < -0.4 is 16.1 Å². The van der Waals surface area contributed by atoms with Crippen molar-refractivity contribution in [2.24, 2.45) is 5.10 Å². The highest BCUT2D eigenvalue weighted by atomic mass is 16.5. The van der Waals surface area contributed by atoms with E-state index in [4.69, 9.17) is 4.74 Å². The van der Waals surface area contributed by atoms with E-state index in [0.717, 1.165) is 0 Å². The summed E-state index contributed by atoms with van der Waals surface area (Å²) in [6.07, 6.45) is 0.331. The lowest BCUT2D eigenvalue weighted by Gasteiger charge is -2.11. The van der Waals surface area contributed by atoms with Crippen LogP contribution in [-0.2, 0) is 23.9 Å². The number of carbonyl (C=O) groups is 4. The third kappa shape index (κ3) is 5.20. The van der Waals surface area contributed by atoms with Gasteiger partial charge in [0.05, 0.1) is 0 Å². The maximum atomic E-state index is 11.7. The fourth-order valence-electron chi connectivity index (χ4n) is 1.87. The average Bonchev–Trinajstić information content (AvgIpc) is 2.54. The van der Waals surface area contributed by atoms with Crippen molar-refractivity contribution in [2.75, 3.05) is 17.2 Å². The van der Waals surface area contributed by atoms with Gasteiger partial charge in [0.15, 0.2) is 6.61 Å². The number of hydrazone groups is 1. The van der Waals surface area contributed by atoms with Crippen molar-refractivity contribution in [2.45, 2.75) is 19.8 Å². The molecule has 0 fully saturated rings. The van der Waals surface area contributed by atoms with Gasteiger partial charge in [-0.05, 0) is 24.3 Å². The van der Waals surface area contributed by atoms with Crippen molar-refractivity contribution in [3.8, 4) is 0 Å². The molecule has 0 aliphatic carbocycles. The maximum absolute atomic E-state index is 11.7. The second-order valence-electron chi connectivity index (χ2n) is 4.98.